The molecule has 2 heterocycles. The predicted octanol–water partition coefficient (Wildman–Crippen LogP) is 1.92. The fourth-order valence-electron chi connectivity index (χ4n) is 3.23. The molecule has 7 heteroatoms. The molecule has 1 fully saturated rings. The van der Waals surface area contributed by atoms with Gasteiger partial charge < -0.3 is 19.9 Å². The van der Waals surface area contributed by atoms with Crippen molar-refractivity contribution in [1.29, 1.82) is 0 Å². The second-order valence-electron chi connectivity index (χ2n) is 6.50. The van der Waals surface area contributed by atoms with E-state index in [1.54, 1.807) is 13.2 Å². The van der Waals surface area contributed by atoms with Crippen LogP contribution in [-0.2, 0) is 6.42 Å². The number of carbonyl (C=O) groups is 1. The van der Waals surface area contributed by atoms with Crippen molar-refractivity contribution in [3.8, 4) is 5.75 Å². The number of aromatic nitrogens is 2. The lowest BCUT2D eigenvalue weighted by atomic mass is 10.1. The largest absolute Gasteiger partial charge is 0.496 e. The molecule has 1 aromatic heterocycles. The van der Waals surface area contributed by atoms with Gasteiger partial charge >= 0.3 is 0 Å². The Balaban J connectivity index is 1.56. The summed E-state index contributed by atoms with van der Waals surface area (Å²) in [5.41, 5.74) is 1.57. The summed E-state index contributed by atoms with van der Waals surface area (Å²) in [7, 11) is 1.68. The molecule has 0 unspecified atom stereocenters. The van der Waals surface area contributed by atoms with Crippen molar-refractivity contribution in [2.24, 2.45) is 0 Å². The molecular weight excluding hydrogens is 342 g/mol. The molecule has 0 aliphatic carbocycles. The first kappa shape index (κ1) is 19.1. The van der Waals surface area contributed by atoms with Crippen molar-refractivity contribution >= 4 is 11.7 Å². The van der Waals surface area contributed by atoms with E-state index >= 15 is 0 Å². The molecule has 1 saturated heterocycles. The molecule has 1 aliphatic rings. The van der Waals surface area contributed by atoms with Gasteiger partial charge in [0.1, 0.15) is 23.6 Å². The van der Waals surface area contributed by atoms with Crippen molar-refractivity contribution in [3.05, 3.63) is 47.9 Å². The number of amides is 1. The molecule has 144 valence electrons. The zero-order valence-corrected chi connectivity index (χ0v) is 16.0. The molecule has 0 spiro atoms. The Morgan fingerprint density at radius 3 is 2.70 bits per heavy atom. The van der Waals surface area contributed by atoms with E-state index in [1.807, 2.05) is 29.2 Å². The summed E-state index contributed by atoms with van der Waals surface area (Å²) >= 11 is 0. The van der Waals surface area contributed by atoms with Crippen LogP contribution in [0.1, 0.15) is 23.0 Å². The number of nitrogens with zero attached hydrogens (tertiary/aromatic N) is 4. The molecule has 27 heavy (non-hydrogen) atoms. The number of carbonyl (C=O) groups excluding carboxylic acids is 1. The molecule has 3 rings (SSSR count). The van der Waals surface area contributed by atoms with Gasteiger partial charge in [-0.3, -0.25) is 4.79 Å². The van der Waals surface area contributed by atoms with Gasteiger partial charge in [-0.25, -0.2) is 9.97 Å². The minimum atomic E-state index is -0.0269. The average molecular weight is 369 g/mol. The van der Waals surface area contributed by atoms with E-state index in [4.69, 9.17) is 4.74 Å². The van der Waals surface area contributed by atoms with Gasteiger partial charge in [-0.2, -0.15) is 0 Å². The van der Waals surface area contributed by atoms with E-state index in [9.17, 15) is 4.79 Å². The lowest BCUT2D eigenvalue weighted by Gasteiger charge is -2.33. The number of para-hydroxylation sites is 1. The van der Waals surface area contributed by atoms with Gasteiger partial charge in [-0.05, 0) is 24.6 Å². The van der Waals surface area contributed by atoms with E-state index in [2.05, 4.69) is 27.1 Å². The topological polar surface area (TPSA) is 70.6 Å². The summed E-state index contributed by atoms with van der Waals surface area (Å²) < 4.78 is 5.37. The second-order valence-corrected chi connectivity index (χ2v) is 6.50. The summed E-state index contributed by atoms with van der Waals surface area (Å²) in [4.78, 5) is 25.3. The molecule has 2 aromatic rings. The van der Waals surface area contributed by atoms with Gasteiger partial charge in [0.2, 0.25) is 0 Å². The van der Waals surface area contributed by atoms with E-state index in [0.717, 1.165) is 50.5 Å². The van der Waals surface area contributed by atoms with Crippen LogP contribution < -0.4 is 10.1 Å². The molecule has 0 atom stereocenters. The number of rotatable bonds is 7. The Morgan fingerprint density at radius 1 is 1.19 bits per heavy atom. The molecule has 0 radical (unpaired) electrons. The lowest BCUT2D eigenvalue weighted by molar-refractivity contribution is 0.0637. The standard InChI is InChI=1S/C20H27N5O2/c1-3-24-10-12-25(13-11-24)20(26)17-14-19(23-15-22-17)21-9-8-16-6-4-5-7-18(16)27-2/h4-7,14-15H,3,8-13H2,1-2H3,(H,21,22,23). The van der Waals surface area contributed by atoms with Gasteiger partial charge in [0.25, 0.3) is 5.91 Å². The number of piperazine rings is 1. The van der Waals surface area contributed by atoms with E-state index < -0.39 is 0 Å². The van der Waals surface area contributed by atoms with Crippen molar-refractivity contribution in [3.63, 3.8) is 0 Å². The second kappa shape index (κ2) is 9.32. The third-order valence-electron chi connectivity index (χ3n) is 4.89. The highest BCUT2D eigenvalue weighted by Crippen LogP contribution is 2.18. The Kier molecular flexibility index (Phi) is 6.59. The monoisotopic (exact) mass is 369 g/mol. The van der Waals surface area contributed by atoms with Crippen LogP contribution in [-0.4, -0.2) is 72.1 Å². The van der Waals surface area contributed by atoms with E-state index in [-0.39, 0.29) is 5.91 Å². The average Bonchev–Trinajstić information content (AvgIpc) is 2.74. The summed E-state index contributed by atoms with van der Waals surface area (Å²) in [6.07, 6.45) is 2.25. The zero-order chi connectivity index (χ0) is 19.1. The van der Waals surface area contributed by atoms with Crippen LogP contribution in [0.4, 0.5) is 5.82 Å². The van der Waals surface area contributed by atoms with Crippen molar-refractivity contribution in [2.45, 2.75) is 13.3 Å². The van der Waals surface area contributed by atoms with E-state index in [1.165, 1.54) is 6.33 Å². The molecule has 1 N–H and O–H groups in total. The Morgan fingerprint density at radius 2 is 1.96 bits per heavy atom. The van der Waals surface area contributed by atoms with Crippen LogP contribution in [0.25, 0.3) is 0 Å². The highest BCUT2D eigenvalue weighted by atomic mass is 16.5. The number of methoxy groups -OCH3 is 1. The van der Waals surface area contributed by atoms with Gasteiger partial charge in [0.05, 0.1) is 7.11 Å². The fraction of sp³-hybridized carbons (Fsp3) is 0.450. The molecule has 0 bridgehead atoms. The SMILES string of the molecule is CCN1CCN(C(=O)c2cc(NCCc3ccccc3OC)ncn2)CC1. The van der Waals surface area contributed by atoms with Crippen LogP contribution in [0, 0.1) is 0 Å². The normalized spacial score (nSPS) is 14.8. The third-order valence-corrected chi connectivity index (χ3v) is 4.89. The van der Waals surface area contributed by atoms with Crippen LogP contribution in [0.5, 0.6) is 5.75 Å². The number of likely N-dealkylation sites (N-methyl/N-ethyl adjacent to an activating group) is 1. The summed E-state index contributed by atoms with van der Waals surface area (Å²) in [6, 6.07) is 9.69. The summed E-state index contributed by atoms with van der Waals surface area (Å²) in [5.74, 6) is 1.51. The van der Waals surface area contributed by atoms with Crippen LogP contribution >= 0.6 is 0 Å². The number of nitrogens with one attached hydrogen (secondary N) is 1. The first-order valence-electron chi connectivity index (χ1n) is 9.40. The molecule has 1 aliphatic heterocycles. The van der Waals surface area contributed by atoms with Gasteiger partial charge in [0.15, 0.2) is 0 Å². The number of benzene rings is 1. The van der Waals surface area contributed by atoms with Crippen molar-refractivity contribution in [1.82, 2.24) is 19.8 Å². The quantitative estimate of drug-likeness (QED) is 0.804. The summed E-state index contributed by atoms with van der Waals surface area (Å²) in [5, 5.41) is 3.27. The highest BCUT2D eigenvalue weighted by molar-refractivity contribution is 5.93. The van der Waals surface area contributed by atoms with E-state index in [0.29, 0.717) is 18.1 Å². The number of ether oxygens (including phenoxy) is 1. The van der Waals surface area contributed by atoms with Crippen LogP contribution in [0.2, 0.25) is 0 Å². The van der Waals surface area contributed by atoms with Gasteiger partial charge in [-0.15, -0.1) is 0 Å². The Labute approximate surface area is 160 Å². The third kappa shape index (κ3) is 4.95. The summed E-state index contributed by atoms with van der Waals surface area (Å²) in [6.45, 7) is 7.18. The van der Waals surface area contributed by atoms with Crippen molar-refractivity contribution in [2.75, 3.05) is 51.7 Å². The first-order valence-corrected chi connectivity index (χ1v) is 9.40. The smallest absolute Gasteiger partial charge is 0.272 e. The minimum Gasteiger partial charge on any atom is -0.496 e. The van der Waals surface area contributed by atoms with Crippen LogP contribution in [0.15, 0.2) is 36.7 Å². The lowest BCUT2D eigenvalue weighted by Crippen LogP contribution is -2.48. The molecular formula is C20H27N5O2. The van der Waals surface area contributed by atoms with Gasteiger partial charge in [0, 0.05) is 38.8 Å². The van der Waals surface area contributed by atoms with Gasteiger partial charge in [-0.1, -0.05) is 25.1 Å². The number of anilines is 1. The zero-order valence-electron chi connectivity index (χ0n) is 16.0. The van der Waals surface area contributed by atoms with Crippen LogP contribution in [0.3, 0.4) is 0 Å². The maximum Gasteiger partial charge on any atom is 0.272 e. The highest BCUT2D eigenvalue weighted by Gasteiger charge is 2.22. The first-order chi connectivity index (χ1) is 13.2. The molecule has 0 saturated carbocycles. The maximum absolute atomic E-state index is 12.7. The minimum absolute atomic E-state index is 0.0269. The predicted molar refractivity (Wildman–Crippen MR) is 105 cm³/mol. The molecule has 1 amide bonds. The fourth-order valence-corrected chi connectivity index (χ4v) is 3.23. The Bertz CT molecular complexity index is 760. The maximum atomic E-state index is 12.7. The number of hydrogen-bond acceptors (Lipinski definition) is 6. The van der Waals surface area contributed by atoms with Crippen molar-refractivity contribution < 1.29 is 9.53 Å². The molecule has 1 aromatic carbocycles. The molecule has 7 nitrogen and oxygen atoms in total. The Hall–Kier alpha value is -2.67. The number of hydrogen-bond donors (Lipinski definition) is 1.